The van der Waals surface area contributed by atoms with Crippen molar-refractivity contribution >= 4 is 0 Å². The molecule has 0 saturated carbocycles. The molecule has 0 aliphatic rings. The maximum absolute atomic E-state index is 5.59. The molecule has 2 rings (SSSR count). The quantitative estimate of drug-likeness (QED) is 0.693. The van der Waals surface area contributed by atoms with Gasteiger partial charge in [0.05, 0.1) is 14.2 Å². The van der Waals surface area contributed by atoms with E-state index in [-0.39, 0.29) is 0 Å². The van der Waals surface area contributed by atoms with Gasteiger partial charge in [0.2, 0.25) is 0 Å². The molecule has 113 valence electrons. The molecule has 2 heteroatoms. The Hall–Kier alpha value is -2.48. The van der Waals surface area contributed by atoms with Crippen molar-refractivity contribution in [1.29, 1.82) is 0 Å². The van der Waals surface area contributed by atoms with Gasteiger partial charge in [-0.1, -0.05) is 36.4 Å². The fourth-order valence-electron chi connectivity index (χ4n) is 2.54. The van der Waals surface area contributed by atoms with Crippen molar-refractivity contribution in [1.82, 2.24) is 0 Å². The second-order valence-corrected chi connectivity index (χ2v) is 4.93. The topological polar surface area (TPSA) is 18.5 Å². The zero-order valence-corrected chi connectivity index (χ0v) is 13.2. The van der Waals surface area contributed by atoms with Gasteiger partial charge in [0, 0.05) is 17.2 Å². The third-order valence-electron chi connectivity index (χ3n) is 3.53. The lowest BCUT2D eigenvalue weighted by Gasteiger charge is -2.16. The first-order valence-electron chi connectivity index (χ1n) is 7.21. The molecule has 0 aromatic heterocycles. The molecule has 2 aromatic rings. The first-order chi connectivity index (χ1) is 10.7. The zero-order chi connectivity index (χ0) is 15.9. The maximum atomic E-state index is 5.59. The van der Waals surface area contributed by atoms with Crippen molar-refractivity contribution in [2.75, 3.05) is 14.2 Å². The molecule has 0 bridgehead atoms. The van der Waals surface area contributed by atoms with E-state index >= 15 is 0 Å². The van der Waals surface area contributed by atoms with Crippen LogP contribution in [0.3, 0.4) is 0 Å². The smallest absolute Gasteiger partial charge is 0.135 e. The summed E-state index contributed by atoms with van der Waals surface area (Å²) in [7, 11) is 3.34. The third-order valence-corrected chi connectivity index (χ3v) is 3.53. The van der Waals surface area contributed by atoms with Gasteiger partial charge in [-0.05, 0) is 30.0 Å². The largest absolute Gasteiger partial charge is 0.496 e. The van der Waals surface area contributed by atoms with Gasteiger partial charge in [-0.25, -0.2) is 0 Å². The Balaban J connectivity index is 2.64. The fraction of sp³-hybridized carbons (Fsp3) is 0.200. The summed E-state index contributed by atoms with van der Waals surface area (Å²) in [4.78, 5) is 0. The second kappa shape index (κ2) is 7.51. The monoisotopic (exact) mass is 293 g/mol. The summed E-state index contributed by atoms with van der Waals surface area (Å²) in [6.45, 7) is 7.61. The number of hydrogen-bond acceptors (Lipinski definition) is 2. The van der Waals surface area contributed by atoms with Crippen molar-refractivity contribution < 1.29 is 9.47 Å². The molecule has 0 atom stereocenters. The van der Waals surface area contributed by atoms with E-state index in [0.29, 0.717) is 5.75 Å². The van der Waals surface area contributed by atoms with Gasteiger partial charge in [0.25, 0.3) is 0 Å². The van der Waals surface area contributed by atoms with E-state index in [1.807, 2.05) is 30.4 Å². The minimum atomic E-state index is 0.717. The lowest BCUT2D eigenvalue weighted by molar-refractivity contribution is 0.409. The number of allylic oxidation sites excluding steroid dienone is 2. The van der Waals surface area contributed by atoms with Crippen molar-refractivity contribution in [2.45, 2.75) is 12.8 Å². The van der Waals surface area contributed by atoms with E-state index in [9.17, 15) is 0 Å². The third kappa shape index (κ3) is 3.22. The van der Waals surface area contributed by atoms with Crippen LogP contribution < -0.4 is 9.47 Å². The van der Waals surface area contributed by atoms with E-state index in [1.54, 1.807) is 14.2 Å². The minimum absolute atomic E-state index is 0.717. The molecule has 0 heterocycles. The molecular formula is C20H21O2. The van der Waals surface area contributed by atoms with Crippen LogP contribution in [0.25, 0.3) is 11.1 Å². The maximum Gasteiger partial charge on any atom is 0.135 e. The van der Waals surface area contributed by atoms with Crippen LogP contribution in [-0.4, -0.2) is 14.2 Å². The van der Waals surface area contributed by atoms with Crippen molar-refractivity contribution in [3.8, 4) is 22.6 Å². The number of ether oxygens (including phenoxy) is 2. The van der Waals surface area contributed by atoms with Gasteiger partial charge in [-0.15, -0.1) is 13.2 Å². The average molecular weight is 293 g/mol. The molecule has 0 fully saturated rings. The van der Waals surface area contributed by atoms with Crippen molar-refractivity contribution in [3.05, 3.63) is 72.8 Å². The number of rotatable bonds is 7. The summed E-state index contributed by atoms with van der Waals surface area (Å²) in [5.74, 6) is 1.54. The predicted molar refractivity (Wildman–Crippen MR) is 91.6 cm³/mol. The lowest BCUT2D eigenvalue weighted by atomic mass is 9.94. The van der Waals surface area contributed by atoms with Crippen LogP contribution in [0.5, 0.6) is 11.5 Å². The van der Waals surface area contributed by atoms with Crippen LogP contribution >= 0.6 is 0 Å². The van der Waals surface area contributed by atoms with Gasteiger partial charge in [-0.3, -0.25) is 0 Å². The molecule has 1 radical (unpaired) electrons. The highest BCUT2D eigenvalue weighted by Crippen LogP contribution is 2.39. The number of methoxy groups -OCH3 is 2. The minimum Gasteiger partial charge on any atom is -0.496 e. The highest BCUT2D eigenvalue weighted by Gasteiger charge is 2.15. The molecule has 0 saturated heterocycles. The highest BCUT2D eigenvalue weighted by molar-refractivity contribution is 5.79. The molecule has 0 aliphatic heterocycles. The van der Waals surface area contributed by atoms with Crippen LogP contribution in [0, 0.1) is 6.07 Å². The van der Waals surface area contributed by atoms with Crippen molar-refractivity contribution in [2.24, 2.45) is 0 Å². The van der Waals surface area contributed by atoms with Crippen molar-refractivity contribution in [3.63, 3.8) is 0 Å². The second-order valence-electron chi connectivity index (χ2n) is 4.93. The van der Waals surface area contributed by atoms with Crippen LogP contribution in [0.2, 0.25) is 0 Å². The Labute approximate surface area is 132 Å². The summed E-state index contributed by atoms with van der Waals surface area (Å²) >= 11 is 0. The summed E-state index contributed by atoms with van der Waals surface area (Å²) < 4.78 is 11.1. The summed E-state index contributed by atoms with van der Waals surface area (Å²) in [5, 5.41) is 0. The Morgan fingerprint density at radius 2 is 1.82 bits per heavy atom. The Bertz CT molecular complexity index is 671. The molecular weight excluding hydrogens is 272 g/mol. The standard InChI is InChI=1S/C20H21O2/c1-5-8-15-12-13-17(19(14-15)22-4)20-16(9-6-2)10-7-11-18(20)21-3/h5-7,10,12-14H,1-2,8-9H2,3-4H3. The van der Waals surface area contributed by atoms with Gasteiger partial charge in [0.1, 0.15) is 11.5 Å². The molecule has 0 aliphatic carbocycles. The fourth-order valence-corrected chi connectivity index (χ4v) is 2.54. The van der Waals surface area contributed by atoms with Gasteiger partial charge >= 0.3 is 0 Å². The van der Waals surface area contributed by atoms with E-state index in [1.165, 1.54) is 5.56 Å². The van der Waals surface area contributed by atoms with Crippen LogP contribution in [0.1, 0.15) is 11.1 Å². The van der Waals surface area contributed by atoms with E-state index in [4.69, 9.17) is 9.47 Å². The SMILES string of the molecule is C=CCc1ccc(-c2c(OC)[c]ccc2CC=C)c(OC)c1. The number of benzene rings is 2. The van der Waals surface area contributed by atoms with E-state index < -0.39 is 0 Å². The Morgan fingerprint density at radius 1 is 1.05 bits per heavy atom. The Morgan fingerprint density at radius 3 is 2.45 bits per heavy atom. The van der Waals surface area contributed by atoms with Crippen LogP contribution in [-0.2, 0) is 12.8 Å². The molecule has 2 nitrogen and oxygen atoms in total. The average Bonchev–Trinajstić information content (AvgIpc) is 2.55. The Kier molecular flexibility index (Phi) is 5.42. The van der Waals surface area contributed by atoms with Gasteiger partial charge < -0.3 is 9.47 Å². The predicted octanol–water partition coefficient (Wildman–Crippen LogP) is 4.63. The molecule has 2 aromatic carbocycles. The van der Waals surface area contributed by atoms with Gasteiger partial charge in [0.15, 0.2) is 0 Å². The van der Waals surface area contributed by atoms with Gasteiger partial charge in [-0.2, -0.15) is 0 Å². The molecule has 0 N–H and O–H groups in total. The first kappa shape index (κ1) is 15.9. The zero-order valence-electron chi connectivity index (χ0n) is 13.2. The van der Waals surface area contributed by atoms with Crippen LogP contribution in [0.4, 0.5) is 0 Å². The van der Waals surface area contributed by atoms with E-state index in [0.717, 1.165) is 35.3 Å². The molecule has 0 amide bonds. The van der Waals surface area contributed by atoms with E-state index in [2.05, 4.69) is 31.4 Å². The normalized spacial score (nSPS) is 10.1. The van der Waals surface area contributed by atoms with Crippen LogP contribution in [0.15, 0.2) is 55.6 Å². The summed E-state index contributed by atoms with van der Waals surface area (Å²) in [6, 6.07) is 13.3. The summed E-state index contributed by atoms with van der Waals surface area (Å²) in [6.07, 6.45) is 5.34. The molecule has 22 heavy (non-hydrogen) atoms. The highest BCUT2D eigenvalue weighted by atomic mass is 16.5. The first-order valence-corrected chi connectivity index (χ1v) is 7.21. The number of hydrogen-bond donors (Lipinski definition) is 0. The molecule has 0 spiro atoms. The summed E-state index contributed by atoms with van der Waals surface area (Å²) in [5.41, 5.74) is 4.31. The molecule has 0 unspecified atom stereocenters. The lowest BCUT2D eigenvalue weighted by Crippen LogP contribution is -1.97.